The zero-order valence-electron chi connectivity index (χ0n) is 15.2. The first-order valence-electron chi connectivity index (χ1n) is 8.33. The third-order valence-corrected chi connectivity index (χ3v) is 3.75. The molecule has 3 aromatic rings. The number of aryl methyl sites for hydroxylation is 1. The number of amides is 1. The third kappa shape index (κ3) is 4.47. The number of esters is 1. The quantitative estimate of drug-likeness (QED) is 0.656. The Labute approximate surface area is 160 Å². The van der Waals surface area contributed by atoms with Crippen molar-refractivity contribution in [1.29, 1.82) is 0 Å². The summed E-state index contributed by atoms with van der Waals surface area (Å²) in [5.74, 6) is -1.35. The summed E-state index contributed by atoms with van der Waals surface area (Å²) in [6, 6.07) is 13.8. The van der Waals surface area contributed by atoms with Gasteiger partial charge in [-0.25, -0.2) is 19.2 Å². The number of rotatable bonds is 5. The van der Waals surface area contributed by atoms with Gasteiger partial charge in [-0.15, -0.1) is 0 Å². The van der Waals surface area contributed by atoms with E-state index in [1.54, 1.807) is 37.3 Å². The highest BCUT2D eigenvalue weighted by Gasteiger charge is 2.15. The molecule has 0 saturated heterocycles. The molecule has 28 heavy (non-hydrogen) atoms. The molecule has 0 fully saturated rings. The van der Waals surface area contributed by atoms with E-state index < -0.39 is 17.7 Å². The van der Waals surface area contributed by atoms with Crippen LogP contribution in [0.2, 0.25) is 0 Å². The van der Waals surface area contributed by atoms with E-state index in [2.05, 4.69) is 20.6 Å². The first kappa shape index (κ1) is 19.0. The summed E-state index contributed by atoms with van der Waals surface area (Å²) in [6.07, 6.45) is 0. The molecule has 3 rings (SSSR count). The highest BCUT2D eigenvalue weighted by atomic mass is 19.1. The van der Waals surface area contributed by atoms with E-state index in [1.165, 1.54) is 31.4 Å². The van der Waals surface area contributed by atoms with Gasteiger partial charge in [0.1, 0.15) is 11.5 Å². The molecule has 0 radical (unpaired) electrons. The van der Waals surface area contributed by atoms with E-state index >= 15 is 0 Å². The van der Waals surface area contributed by atoms with E-state index in [-0.39, 0.29) is 11.6 Å². The van der Waals surface area contributed by atoms with E-state index in [9.17, 15) is 14.0 Å². The van der Waals surface area contributed by atoms with E-state index in [0.29, 0.717) is 22.6 Å². The third-order valence-electron chi connectivity index (χ3n) is 3.75. The summed E-state index contributed by atoms with van der Waals surface area (Å²) in [7, 11) is 1.29. The van der Waals surface area contributed by atoms with Gasteiger partial charge in [0.25, 0.3) is 5.91 Å². The number of hydrogen-bond acceptors (Lipinski definition) is 6. The molecule has 142 valence electrons. The smallest absolute Gasteiger partial charge is 0.339 e. The predicted octanol–water partition coefficient (Wildman–Crippen LogP) is 3.71. The van der Waals surface area contributed by atoms with Gasteiger partial charge in [-0.2, -0.15) is 0 Å². The summed E-state index contributed by atoms with van der Waals surface area (Å²) < 4.78 is 18.1. The maximum atomic E-state index is 13.3. The van der Waals surface area contributed by atoms with Gasteiger partial charge in [0, 0.05) is 11.4 Å². The van der Waals surface area contributed by atoms with Crippen molar-refractivity contribution in [2.24, 2.45) is 0 Å². The summed E-state index contributed by atoms with van der Waals surface area (Å²) >= 11 is 0. The van der Waals surface area contributed by atoms with Crippen LogP contribution in [0.15, 0.2) is 54.6 Å². The fraction of sp³-hybridized carbons (Fsp3) is 0.100. The molecule has 2 N–H and O–H groups in total. The van der Waals surface area contributed by atoms with Crippen molar-refractivity contribution in [3.8, 4) is 0 Å². The summed E-state index contributed by atoms with van der Waals surface area (Å²) in [6.45, 7) is 1.71. The normalized spacial score (nSPS) is 10.2. The topological polar surface area (TPSA) is 93.2 Å². The number of hydrogen-bond donors (Lipinski definition) is 2. The van der Waals surface area contributed by atoms with Crippen LogP contribution in [0.3, 0.4) is 0 Å². The van der Waals surface area contributed by atoms with Gasteiger partial charge in [-0.05, 0) is 43.3 Å². The summed E-state index contributed by atoms with van der Waals surface area (Å²) in [4.78, 5) is 32.8. The summed E-state index contributed by atoms with van der Waals surface area (Å²) in [5, 5.41) is 5.52. The molecule has 0 aliphatic heterocycles. The van der Waals surface area contributed by atoms with Crippen LogP contribution >= 0.6 is 0 Å². The number of para-hydroxylation sites is 1. The number of benzene rings is 2. The molecular formula is C20H17FN4O3. The van der Waals surface area contributed by atoms with E-state index in [1.807, 2.05) is 0 Å². The lowest BCUT2D eigenvalue weighted by Gasteiger charge is -2.11. The molecule has 1 aromatic heterocycles. The molecule has 8 heteroatoms. The second-order valence-corrected chi connectivity index (χ2v) is 5.84. The van der Waals surface area contributed by atoms with Crippen molar-refractivity contribution in [3.63, 3.8) is 0 Å². The first-order valence-corrected chi connectivity index (χ1v) is 8.33. The number of aromatic nitrogens is 2. The van der Waals surface area contributed by atoms with Gasteiger partial charge in [-0.3, -0.25) is 4.79 Å². The highest BCUT2D eigenvalue weighted by molar-refractivity contribution is 6.03. The fourth-order valence-corrected chi connectivity index (χ4v) is 2.50. The summed E-state index contributed by atoms with van der Waals surface area (Å²) in [5.41, 5.74) is 1.69. The Kier molecular flexibility index (Phi) is 5.59. The van der Waals surface area contributed by atoms with Gasteiger partial charge in [0.15, 0.2) is 0 Å². The SMILES string of the molecule is COC(=O)c1ccccc1Nc1nc(C)cc(C(=O)Nc2cccc(F)c2)n1. The largest absolute Gasteiger partial charge is 0.465 e. The van der Waals surface area contributed by atoms with Crippen molar-refractivity contribution < 1.29 is 18.7 Å². The number of halogens is 1. The Morgan fingerprint density at radius 3 is 2.57 bits per heavy atom. The predicted molar refractivity (Wildman–Crippen MR) is 102 cm³/mol. The van der Waals surface area contributed by atoms with Crippen LogP contribution in [-0.4, -0.2) is 29.0 Å². The van der Waals surface area contributed by atoms with Crippen LogP contribution in [0, 0.1) is 12.7 Å². The molecule has 0 spiro atoms. The number of methoxy groups -OCH3 is 1. The van der Waals surface area contributed by atoms with Crippen LogP contribution in [0.5, 0.6) is 0 Å². The molecular weight excluding hydrogens is 363 g/mol. The van der Waals surface area contributed by atoms with Crippen molar-refractivity contribution >= 4 is 29.2 Å². The fourth-order valence-electron chi connectivity index (χ4n) is 2.50. The Bertz CT molecular complexity index is 1040. The average molecular weight is 380 g/mol. The number of nitrogens with one attached hydrogen (secondary N) is 2. The molecule has 1 heterocycles. The zero-order chi connectivity index (χ0) is 20.1. The average Bonchev–Trinajstić information content (AvgIpc) is 2.67. The van der Waals surface area contributed by atoms with Crippen molar-refractivity contribution in [3.05, 3.63) is 77.4 Å². The zero-order valence-corrected chi connectivity index (χ0v) is 15.2. The lowest BCUT2D eigenvalue weighted by molar-refractivity contribution is 0.0601. The number of anilines is 3. The van der Waals surface area contributed by atoms with Crippen molar-refractivity contribution in [2.75, 3.05) is 17.7 Å². The second kappa shape index (κ2) is 8.26. The minimum atomic E-state index is -0.514. The maximum absolute atomic E-state index is 13.3. The van der Waals surface area contributed by atoms with Crippen LogP contribution in [0.25, 0.3) is 0 Å². The minimum Gasteiger partial charge on any atom is -0.465 e. The van der Waals surface area contributed by atoms with E-state index in [0.717, 1.165) is 0 Å². The Morgan fingerprint density at radius 2 is 1.82 bits per heavy atom. The molecule has 0 bridgehead atoms. The van der Waals surface area contributed by atoms with Gasteiger partial charge >= 0.3 is 5.97 Å². The van der Waals surface area contributed by atoms with Crippen LogP contribution in [0.1, 0.15) is 26.5 Å². The van der Waals surface area contributed by atoms with Gasteiger partial charge in [0.2, 0.25) is 5.95 Å². The maximum Gasteiger partial charge on any atom is 0.339 e. The first-order chi connectivity index (χ1) is 13.5. The lowest BCUT2D eigenvalue weighted by Crippen LogP contribution is -2.16. The molecule has 2 aromatic carbocycles. The van der Waals surface area contributed by atoms with Gasteiger partial charge in [-0.1, -0.05) is 18.2 Å². The number of carbonyl (C=O) groups excluding carboxylic acids is 2. The molecule has 0 aliphatic carbocycles. The van der Waals surface area contributed by atoms with Crippen molar-refractivity contribution in [1.82, 2.24) is 9.97 Å². The molecule has 0 unspecified atom stereocenters. The van der Waals surface area contributed by atoms with Crippen LogP contribution < -0.4 is 10.6 Å². The van der Waals surface area contributed by atoms with Crippen LogP contribution in [-0.2, 0) is 4.74 Å². The molecule has 0 saturated carbocycles. The molecule has 0 aliphatic rings. The minimum absolute atomic E-state index is 0.0924. The lowest BCUT2D eigenvalue weighted by atomic mass is 10.2. The number of carbonyl (C=O) groups is 2. The molecule has 7 nitrogen and oxygen atoms in total. The van der Waals surface area contributed by atoms with Crippen molar-refractivity contribution in [2.45, 2.75) is 6.92 Å². The second-order valence-electron chi connectivity index (χ2n) is 5.84. The van der Waals surface area contributed by atoms with Gasteiger partial charge < -0.3 is 15.4 Å². The van der Waals surface area contributed by atoms with Crippen LogP contribution in [0.4, 0.5) is 21.7 Å². The number of nitrogens with zero attached hydrogens (tertiary/aromatic N) is 2. The van der Waals surface area contributed by atoms with E-state index in [4.69, 9.17) is 4.74 Å². The Balaban J connectivity index is 1.86. The number of ether oxygens (including phenoxy) is 1. The monoisotopic (exact) mass is 380 g/mol. The Hall–Kier alpha value is -3.81. The standard InChI is InChI=1S/C20H17FN4O3/c1-12-10-17(18(26)23-14-7-5-6-13(21)11-14)25-20(22-12)24-16-9-4-3-8-15(16)19(27)28-2/h3-11H,1-2H3,(H,23,26)(H,22,24,25). The highest BCUT2D eigenvalue weighted by Crippen LogP contribution is 2.20. The van der Waals surface area contributed by atoms with Gasteiger partial charge in [0.05, 0.1) is 18.4 Å². The molecule has 0 atom stereocenters. The Morgan fingerprint density at radius 1 is 1.04 bits per heavy atom. The molecule has 1 amide bonds.